The van der Waals surface area contributed by atoms with Gasteiger partial charge >= 0.3 is 5.97 Å². The Morgan fingerprint density at radius 1 is 1.09 bits per heavy atom. The molecule has 0 aliphatic carbocycles. The zero-order valence-corrected chi connectivity index (χ0v) is 26.9. The second-order valence-corrected chi connectivity index (χ2v) is 12.1. The molecule has 0 fully saturated rings. The number of aromatic nitrogens is 1. The lowest BCUT2D eigenvalue weighted by Crippen LogP contribution is -2.40. The molecule has 0 saturated carbocycles. The zero-order chi connectivity index (χ0) is 33.2. The second kappa shape index (κ2) is 13.1. The van der Waals surface area contributed by atoms with Crippen LogP contribution in [0.3, 0.4) is 0 Å². The van der Waals surface area contributed by atoms with Crippen LogP contribution < -0.4 is 19.6 Å². The van der Waals surface area contributed by atoms with Gasteiger partial charge in [-0.15, -0.1) is 0 Å². The Hall–Kier alpha value is -5.55. The van der Waals surface area contributed by atoms with Crippen LogP contribution in [0.1, 0.15) is 55.2 Å². The maximum atomic E-state index is 14.2. The minimum atomic E-state index is -0.791. The molecule has 5 aromatic rings. The van der Waals surface area contributed by atoms with E-state index in [0.717, 1.165) is 16.7 Å². The average molecular weight is 650 g/mol. The molecule has 11 heteroatoms. The van der Waals surface area contributed by atoms with Crippen LogP contribution in [-0.2, 0) is 9.53 Å². The molecule has 0 radical (unpaired) electrons. The van der Waals surface area contributed by atoms with Gasteiger partial charge in [0, 0.05) is 17.7 Å². The minimum Gasteiger partial charge on any atom is -0.496 e. The van der Waals surface area contributed by atoms with Crippen molar-refractivity contribution in [1.29, 1.82) is 0 Å². The summed E-state index contributed by atoms with van der Waals surface area (Å²) < 4.78 is 18.9. The zero-order valence-electron chi connectivity index (χ0n) is 26.1. The predicted octanol–water partition coefficient (Wildman–Crippen LogP) is 6.24. The SMILES string of the molecule is CCOC(=O)C1=C(c2ccccc2)N=c2s/c(=C\c3ccc(-c4ccc([N+](=O)[O-])cc4OC)o3)c(=O)n2[C@@H]1c1ccc(C(C)C)cc1. The van der Waals surface area contributed by atoms with Crippen molar-refractivity contribution in [3.05, 3.63) is 143 Å². The van der Waals surface area contributed by atoms with E-state index in [-0.39, 0.29) is 29.2 Å². The van der Waals surface area contributed by atoms with Gasteiger partial charge in [-0.3, -0.25) is 19.5 Å². The van der Waals surface area contributed by atoms with Gasteiger partial charge in [-0.2, -0.15) is 0 Å². The van der Waals surface area contributed by atoms with E-state index in [1.165, 1.54) is 30.6 Å². The summed E-state index contributed by atoms with van der Waals surface area (Å²) in [5.41, 5.74) is 3.40. The highest BCUT2D eigenvalue weighted by molar-refractivity contribution is 7.07. The molecule has 0 unspecified atom stereocenters. The maximum absolute atomic E-state index is 14.2. The smallest absolute Gasteiger partial charge is 0.338 e. The van der Waals surface area contributed by atoms with Crippen LogP contribution in [0.4, 0.5) is 5.69 Å². The molecule has 0 amide bonds. The van der Waals surface area contributed by atoms with Gasteiger partial charge in [0.2, 0.25) is 0 Å². The number of non-ortho nitro benzene ring substituents is 1. The molecule has 1 atom stereocenters. The fourth-order valence-corrected chi connectivity index (χ4v) is 6.50. The molecular formula is C36H31N3O7S. The number of nitro benzene ring substituents is 1. The number of thiazole rings is 1. The van der Waals surface area contributed by atoms with Crippen LogP contribution in [0.5, 0.6) is 5.75 Å². The van der Waals surface area contributed by atoms with Crippen LogP contribution in [-0.4, -0.2) is 29.2 Å². The van der Waals surface area contributed by atoms with Gasteiger partial charge in [0.1, 0.15) is 17.3 Å². The summed E-state index contributed by atoms with van der Waals surface area (Å²) in [6.07, 6.45) is 1.63. The Balaban J connectivity index is 1.53. The van der Waals surface area contributed by atoms with Gasteiger partial charge < -0.3 is 13.9 Å². The summed E-state index contributed by atoms with van der Waals surface area (Å²) in [5, 5.41) is 11.2. The summed E-state index contributed by atoms with van der Waals surface area (Å²) in [6, 6.07) is 24.2. The third-order valence-corrected chi connectivity index (χ3v) is 8.84. The van der Waals surface area contributed by atoms with E-state index < -0.39 is 16.9 Å². The maximum Gasteiger partial charge on any atom is 0.338 e. The van der Waals surface area contributed by atoms with Crippen molar-refractivity contribution >= 4 is 34.8 Å². The van der Waals surface area contributed by atoms with Crippen molar-refractivity contribution in [3.8, 4) is 17.1 Å². The Morgan fingerprint density at radius 2 is 1.83 bits per heavy atom. The average Bonchev–Trinajstić information content (AvgIpc) is 3.67. The molecule has 238 valence electrons. The molecule has 47 heavy (non-hydrogen) atoms. The Bertz CT molecular complexity index is 2190. The topological polar surface area (TPSA) is 126 Å². The number of hydrogen-bond donors (Lipinski definition) is 0. The molecule has 2 aromatic heterocycles. The number of hydrogen-bond acceptors (Lipinski definition) is 9. The molecule has 3 heterocycles. The lowest BCUT2D eigenvalue weighted by molar-refractivity contribution is -0.384. The van der Waals surface area contributed by atoms with Crippen LogP contribution in [0.25, 0.3) is 23.1 Å². The van der Waals surface area contributed by atoms with Crippen molar-refractivity contribution in [2.45, 2.75) is 32.7 Å². The molecule has 0 saturated heterocycles. The lowest BCUT2D eigenvalue weighted by atomic mass is 9.91. The van der Waals surface area contributed by atoms with Gasteiger partial charge in [0.15, 0.2) is 4.80 Å². The third-order valence-electron chi connectivity index (χ3n) is 7.85. The molecule has 0 spiro atoms. The monoisotopic (exact) mass is 649 g/mol. The number of carbonyl (C=O) groups is 1. The summed E-state index contributed by atoms with van der Waals surface area (Å²) in [6.45, 7) is 6.11. The van der Waals surface area contributed by atoms with Gasteiger partial charge in [0.05, 0.1) is 52.1 Å². The van der Waals surface area contributed by atoms with E-state index in [4.69, 9.17) is 18.9 Å². The fourth-order valence-electron chi connectivity index (χ4n) is 5.52. The standard InChI is InChI=1S/C36H31N3O7S/c1-5-45-35(41)31-32(23-9-7-6-8-10-23)37-36-38(33(31)24-13-11-22(12-14-24)21(2)3)34(40)30(47-36)20-26-16-18-28(46-26)27-17-15-25(39(42)43)19-29(27)44-4/h6-21,33H,5H2,1-4H3/b30-20-/t33-/m1/s1. The van der Waals surface area contributed by atoms with Gasteiger partial charge in [-0.1, -0.05) is 79.8 Å². The first kappa shape index (κ1) is 31.4. The molecule has 3 aromatic carbocycles. The molecular weight excluding hydrogens is 618 g/mol. The first-order chi connectivity index (χ1) is 22.7. The molecule has 10 nitrogen and oxygen atoms in total. The number of nitro groups is 1. The number of esters is 1. The van der Waals surface area contributed by atoms with E-state index in [9.17, 15) is 19.7 Å². The highest BCUT2D eigenvalue weighted by Crippen LogP contribution is 2.36. The van der Waals surface area contributed by atoms with Crippen molar-refractivity contribution in [1.82, 2.24) is 4.57 Å². The molecule has 6 rings (SSSR count). The number of benzene rings is 3. The first-order valence-corrected chi connectivity index (χ1v) is 15.8. The van der Waals surface area contributed by atoms with E-state index in [1.807, 2.05) is 54.6 Å². The summed E-state index contributed by atoms with van der Waals surface area (Å²) >= 11 is 1.19. The largest absolute Gasteiger partial charge is 0.496 e. The highest BCUT2D eigenvalue weighted by Gasteiger charge is 2.35. The van der Waals surface area contributed by atoms with Crippen LogP contribution in [0, 0.1) is 10.1 Å². The molecule has 0 N–H and O–H groups in total. The van der Waals surface area contributed by atoms with Gasteiger partial charge in [-0.05, 0) is 42.2 Å². The second-order valence-electron chi connectivity index (χ2n) is 11.1. The van der Waals surface area contributed by atoms with Crippen molar-refractivity contribution in [3.63, 3.8) is 0 Å². The highest BCUT2D eigenvalue weighted by atomic mass is 32.1. The Labute approximate surface area is 273 Å². The van der Waals surface area contributed by atoms with Gasteiger partial charge in [0.25, 0.3) is 11.2 Å². The molecule has 1 aliphatic rings. The van der Waals surface area contributed by atoms with Crippen LogP contribution >= 0.6 is 11.3 Å². The summed E-state index contributed by atoms with van der Waals surface area (Å²) in [7, 11) is 1.42. The number of rotatable bonds is 9. The van der Waals surface area contributed by atoms with E-state index in [2.05, 4.69) is 13.8 Å². The Kier molecular flexibility index (Phi) is 8.73. The molecule has 1 aliphatic heterocycles. The Morgan fingerprint density at radius 3 is 2.49 bits per heavy atom. The third kappa shape index (κ3) is 6.05. The van der Waals surface area contributed by atoms with Gasteiger partial charge in [-0.25, -0.2) is 9.79 Å². The van der Waals surface area contributed by atoms with Crippen LogP contribution in [0.15, 0.2) is 105 Å². The van der Waals surface area contributed by atoms with Crippen molar-refractivity contribution < 1.29 is 23.6 Å². The van der Waals surface area contributed by atoms with Crippen LogP contribution in [0.2, 0.25) is 0 Å². The number of nitrogens with zero attached hydrogens (tertiary/aromatic N) is 3. The summed E-state index contributed by atoms with van der Waals surface area (Å²) in [4.78, 5) is 43.9. The van der Waals surface area contributed by atoms with E-state index in [0.29, 0.717) is 38.0 Å². The quantitative estimate of drug-likeness (QED) is 0.105. The number of ether oxygens (including phenoxy) is 2. The normalized spacial score (nSPS) is 14.6. The first-order valence-electron chi connectivity index (χ1n) is 15.0. The fraction of sp³-hybridized carbons (Fsp3) is 0.194. The summed E-state index contributed by atoms with van der Waals surface area (Å²) in [5.74, 6) is 0.833. The number of methoxy groups -OCH3 is 1. The lowest BCUT2D eigenvalue weighted by Gasteiger charge is -2.26. The van der Waals surface area contributed by atoms with Crippen molar-refractivity contribution in [2.24, 2.45) is 4.99 Å². The number of carbonyl (C=O) groups excluding carboxylic acids is 1. The minimum absolute atomic E-state index is 0.107. The molecule has 0 bridgehead atoms. The van der Waals surface area contributed by atoms with E-state index >= 15 is 0 Å². The number of furan rings is 1. The predicted molar refractivity (Wildman–Crippen MR) is 179 cm³/mol. The number of fused-ring (bicyclic) bond motifs is 1. The van der Waals surface area contributed by atoms with E-state index in [1.54, 1.807) is 35.8 Å². The van der Waals surface area contributed by atoms with Crippen molar-refractivity contribution in [2.75, 3.05) is 13.7 Å².